The Morgan fingerprint density at radius 2 is 1.94 bits per heavy atom. The summed E-state index contributed by atoms with van der Waals surface area (Å²) in [6.45, 7) is 3.59. The van der Waals surface area contributed by atoms with Crippen LogP contribution in [-0.4, -0.2) is 11.4 Å². The average molecular weight is 233 g/mol. The zero-order valence-electron chi connectivity index (χ0n) is 10.2. The highest BCUT2D eigenvalue weighted by molar-refractivity contribution is 5.83. The van der Waals surface area contributed by atoms with Gasteiger partial charge in [-0.15, -0.1) is 0 Å². The molecular weight excluding hydrogens is 214 g/mol. The molecule has 0 saturated carbocycles. The SMILES string of the molecule is CC(C)(NC1CC(N)c2ccccc21)C(N)=O. The van der Waals surface area contributed by atoms with Crippen LogP contribution in [0.5, 0.6) is 0 Å². The fourth-order valence-electron chi connectivity index (χ4n) is 2.32. The molecule has 2 atom stereocenters. The van der Waals surface area contributed by atoms with E-state index in [4.69, 9.17) is 11.5 Å². The third-order valence-corrected chi connectivity index (χ3v) is 3.41. The van der Waals surface area contributed by atoms with Gasteiger partial charge in [0.2, 0.25) is 5.91 Å². The Kier molecular flexibility index (Phi) is 2.93. The van der Waals surface area contributed by atoms with Crippen LogP contribution in [0.3, 0.4) is 0 Å². The molecule has 0 aliphatic heterocycles. The summed E-state index contributed by atoms with van der Waals surface area (Å²) in [6.07, 6.45) is 0.802. The maximum absolute atomic E-state index is 11.3. The first-order valence-corrected chi connectivity index (χ1v) is 5.84. The Labute approximate surface area is 101 Å². The van der Waals surface area contributed by atoms with E-state index in [9.17, 15) is 4.79 Å². The van der Waals surface area contributed by atoms with Gasteiger partial charge in [-0.1, -0.05) is 24.3 Å². The topological polar surface area (TPSA) is 81.1 Å². The van der Waals surface area contributed by atoms with Crippen molar-refractivity contribution >= 4 is 5.91 Å². The minimum atomic E-state index is -0.720. The van der Waals surface area contributed by atoms with Crippen molar-refractivity contribution in [3.63, 3.8) is 0 Å². The van der Waals surface area contributed by atoms with Crippen LogP contribution in [0.1, 0.15) is 43.5 Å². The second-order valence-corrected chi connectivity index (χ2v) is 5.16. The number of amides is 1. The number of carbonyl (C=O) groups is 1. The van der Waals surface area contributed by atoms with Gasteiger partial charge < -0.3 is 11.5 Å². The number of nitrogens with two attached hydrogens (primary N) is 2. The van der Waals surface area contributed by atoms with Gasteiger partial charge in [-0.2, -0.15) is 0 Å². The zero-order chi connectivity index (χ0) is 12.6. The first kappa shape index (κ1) is 12.1. The Balaban J connectivity index is 2.24. The van der Waals surface area contributed by atoms with Crippen molar-refractivity contribution in [3.8, 4) is 0 Å². The summed E-state index contributed by atoms with van der Waals surface area (Å²) in [5, 5.41) is 3.29. The van der Waals surface area contributed by atoms with Crippen LogP contribution in [0.4, 0.5) is 0 Å². The molecule has 1 aromatic rings. The van der Waals surface area contributed by atoms with Crippen molar-refractivity contribution in [3.05, 3.63) is 35.4 Å². The van der Waals surface area contributed by atoms with E-state index in [2.05, 4.69) is 11.4 Å². The highest BCUT2D eigenvalue weighted by Gasteiger charge is 2.34. The lowest BCUT2D eigenvalue weighted by Gasteiger charge is -2.27. The summed E-state index contributed by atoms with van der Waals surface area (Å²) < 4.78 is 0. The van der Waals surface area contributed by atoms with Crippen molar-refractivity contribution in [1.29, 1.82) is 0 Å². The predicted molar refractivity (Wildman–Crippen MR) is 67.1 cm³/mol. The molecule has 92 valence electrons. The molecule has 0 bridgehead atoms. The summed E-state index contributed by atoms with van der Waals surface area (Å²) in [5.74, 6) is -0.351. The quantitative estimate of drug-likeness (QED) is 0.728. The first-order valence-electron chi connectivity index (χ1n) is 5.84. The molecule has 1 amide bonds. The van der Waals surface area contributed by atoms with Crippen LogP contribution in [0.25, 0.3) is 0 Å². The minimum Gasteiger partial charge on any atom is -0.368 e. The van der Waals surface area contributed by atoms with Gasteiger partial charge in [-0.05, 0) is 31.4 Å². The van der Waals surface area contributed by atoms with E-state index in [0.717, 1.165) is 12.0 Å². The van der Waals surface area contributed by atoms with Crippen LogP contribution in [0.2, 0.25) is 0 Å². The molecule has 5 N–H and O–H groups in total. The number of carbonyl (C=O) groups excluding carboxylic acids is 1. The van der Waals surface area contributed by atoms with Gasteiger partial charge in [0.05, 0.1) is 5.54 Å². The van der Waals surface area contributed by atoms with Crippen LogP contribution in [-0.2, 0) is 4.79 Å². The summed E-state index contributed by atoms with van der Waals surface area (Å²) in [5.41, 5.74) is 13.1. The number of primary amides is 1. The number of hydrogen-bond donors (Lipinski definition) is 3. The summed E-state index contributed by atoms with van der Waals surface area (Å²) >= 11 is 0. The van der Waals surface area contributed by atoms with E-state index in [1.54, 1.807) is 13.8 Å². The molecule has 0 fully saturated rings. The van der Waals surface area contributed by atoms with E-state index < -0.39 is 5.54 Å². The number of nitrogens with one attached hydrogen (secondary N) is 1. The summed E-state index contributed by atoms with van der Waals surface area (Å²) in [7, 11) is 0. The van der Waals surface area contributed by atoms with Gasteiger partial charge in [0.25, 0.3) is 0 Å². The largest absolute Gasteiger partial charge is 0.368 e. The normalized spacial score (nSPS) is 23.5. The molecule has 0 aromatic heterocycles. The number of fused-ring (bicyclic) bond motifs is 1. The van der Waals surface area contributed by atoms with Crippen LogP contribution in [0.15, 0.2) is 24.3 Å². The molecule has 4 heteroatoms. The monoisotopic (exact) mass is 233 g/mol. The fraction of sp³-hybridized carbons (Fsp3) is 0.462. The van der Waals surface area contributed by atoms with E-state index in [0.29, 0.717) is 0 Å². The Bertz CT molecular complexity index is 442. The van der Waals surface area contributed by atoms with Gasteiger partial charge in [0, 0.05) is 12.1 Å². The maximum atomic E-state index is 11.3. The molecule has 1 aromatic carbocycles. The maximum Gasteiger partial charge on any atom is 0.237 e. The molecule has 4 nitrogen and oxygen atoms in total. The lowest BCUT2D eigenvalue weighted by atomic mass is 10.0. The van der Waals surface area contributed by atoms with Crippen LogP contribution < -0.4 is 16.8 Å². The molecule has 1 aliphatic carbocycles. The fourth-order valence-corrected chi connectivity index (χ4v) is 2.32. The molecule has 0 heterocycles. The van der Waals surface area contributed by atoms with E-state index >= 15 is 0 Å². The molecule has 1 aliphatic rings. The Morgan fingerprint density at radius 1 is 1.35 bits per heavy atom. The van der Waals surface area contributed by atoms with Gasteiger partial charge in [0.15, 0.2) is 0 Å². The molecule has 17 heavy (non-hydrogen) atoms. The third kappa shape index (κ3) is 2.18. The molecule has 0 spiro atoms. The highest BCUT2D eigenvalue weighted by atomic mass is 16.1. The van der Waals surface area contributed by atoms with E-state index in [1.165, 1.54) is 5.56 Å². The Hall–Kier alpha value is -1.39. The van der Waals surface area contributed by atoms with Gasteiger partial charge in [-0.25, -0.2) is 0 Å². The zero-order valence-corrected chi connectivity index (χ0v) is 10.2. The van der Waals surface area contributed by atoms with E-state index in [1.807, 2.05) is 18.2 Å². The smallest absolute Gasteiger partial charge is 0.237 e. The van der Waals surface area contributed by atoms with Crippen LogP contribution in [0, 0.1) is 0 Å². The lowest BCUT2D eigenvalue weighted by Crippen LogP contribution is -2.51. The summed E-state index contributed by atoms with van der Waals surface area (Å²) in [4.78, 5) is 11.3. The number of rotatable bonds is 3. The minimum absolute atomic E-state index is 0.0346. The molecular formula is C13H19N3O. The number of benzene rings is 1. The third-order valence-electron chi connectivity index (χ3n) is 3.41. The second kappa shape index (κ2) is 4.13. The Morgan fingerprint density at radius 3 is 2.53 bits per heavy atom. The molecule has 2 rings (SSSR count). The number of hydrogen-bond acceptors (Lipinski definition) is 3. The van der Waals surface area contributed by atoms with Gasteiger partial charge in [0.1, 0.15) is 0 Å². The molecule has 2 unspecified atom stereocenters. The van der Waals surface area contributed by atoms with Crippen LogP contribution >= 0.6 is 0 Å². The lowest BCUT2D eigenvalue weighted by molar-refractivity contribution is -0.123. The van der Waals surface area contributed by atoms with E-state index in [-0.39, 0.29) is 18.0 Å². The van der Waals surface area contributed by atoms with Crippen molar-refractivity contribution in [2.75, 3.05) is 0 Å². The first-order chi connectivity index (χ1) is 7.92. The van der Waals surface area contributed by atoms with Crippen molar-refractivity contribution in [2.24, 2.45) is 11.5 Å². The summed E-state index contributed by atoms with van der Waals surface area (Å²) in [6, 6.07) is 8.20. The van der Waals surface area contributed by atoms with Crippen molar-refractivity contribution in [1.82, 2.24) is 5.32 Å². The second-order valence-electron chi connectivity index (χ2n) is 5.16. The standard InChI is InChI=1S/C13H19N3O/c1-13(2,12(15)17)16-11-7-10(14)8-5-3-4-6-9(8)11/h3-6,10-11,16H,7,14H2,1-2H3,(H2,15,17). The molecule has 0 radical (unpaired) electrons. The average Bonchev–Trinajstić information content (AvgIpc) is 2.56. The van der Waals surface area contributed by atoms with Crippen molar-refractivity contribution < 1.29 is 4.79 Å². The molecule has 0 saturated heterocycles. The predicted octanol–water partition coefficient (Wildman–Crippen LogP) is 0.985. The highest BCUT2D eigenvalue weighted by Crippen LogP contribution is 2.37. The van der Waals surface area contributed by atoms with Crippen molar-refractivity contribution in [2.45, 2.75) is 37.9 Å². The van der Waals surface area contributed by atoms with Gasteiger partial charge >= 0.3 is 0 Å². The van der Waals surface area contributed by atoms with Gasteiger partial charge in [-0.3, -0.25) is 10.1 Å².